The van der Waals surface area contributed by atoms with Gasteiger partial charge in [0.1, 0.15) is 0 Å². The molecule has 1 fully saturated rings. The third kappa shape index (κ3) is 4.49. The predicted octanol–water partition coefficient (Wildman–Crippen LogP) is 2.56. The predicted molar refractivity (Wildman–Crippen MR) is 115 cm³/mol. The summed E-state index contributed by atoms with van der Waals surface area (Å²) in [6, 6.07) is 17.8. The lowest BCUT2D eigenvalue weighted by atomic mass is 10.1. The average Bonchev–Trinajstić information content (AvgIpc) is 3.22. The Hall–Kier alpha value is -3.26. The Kier molecular flexibility index (Phi) is 5.50. The molecule has 2 heterocycles. The Morgan fingerprint density at radius 3 is 2.67 bits per heavy atom. The van der Waals surface area contributed by atoms with Gasteiger partial charge in [-0.2, -0.15) is 0 Å². The first kappa shape index (κ1) is 20.0. The number of hydrogen-bond donors (Lipinski definition) is 1. The van der Waals surface area contributed by atoms with E-state index in [1.807, 2.05) is 41.3 Å². The molecule has 1 N–H and O–H groups in total. The number of nitrogens with zero attached hydrogens (tertiary/aromatic N) is 3. The number of sulfone groups is 1. The summed E-state index contributed by atoms with van der Waals surface area (Å²) in [6.45, 7) is 1.32. The van der Waals surface area contributed by atoms with E-state index < -0.39 is 9.84 Å². The molecule has 0 aliphatic carbocycles. The third-order valence-electron chi connectivity index (χ3n) is 5.04. The minimum atomic E-state index is -3.36. The first-order valence-electron chi connectivity index (χ1n) is 9.64. The summed E-state index contributed by atoms with van der Waals surface area (Å²) in [5.74, 6) is 0.346. The second-order valence-corrected chi connectivity index (χ2v) is 9.33. The molecule has 8 heteroatoms. The van der Waals surface area contributed by atoms with Crippen LogP contribution in [-0.4, -0.2) is 49.7 Å². The largest absolute Gasteiger partial charge is 0.347 e. The van der Waals surface area contributed by atoms with E-state index in [1.54, 1.807) is 18.3 Å². The molecule has 3 aromatic rings. The van der Waals surface area contributed by atoms with E-state index in [0.717, 1.165) is 30.5 Å². The van der Waals surface area contributed by atoms with Crippen LogP contribution in [0, 0.1) is 0 Å². The fourth-order valence-corrected chi connectivity index (χ4v) is 4.13. The minimum Gasteiger partial charge on any atom is -0.347 e. The molecular weight excluding hydrogens is 400 g/mol. The van der Waals surface area contributed by atoms with Gasteiger partial charge < -0.3 is 10.2 Å². The summed E-state index contributed by atoms with van der Waals surface area (Å²) >= 11 is 0. The lowest BCUT2D eigenvalue weighted by Crippen LogP contribution is -2.37. The molecule has 2 aromatic carbocycles. The van der Waals surface area contributed by atoms with Gasteiger partial charge in [-0.3, -0.25) is 4.79 Å². The number of nitrogens with one attached hydrogen (secondary N) is 1. The van der Waals surface area contributed by atoms with E-state index in [1.165, 1.54) is 12.1 Å². The van der Waals surface area contributed by atoms with Crippen molar-refractivity contribution in [3.63, 3.8) is 0 Å². The number of amides is 1. The van der Waals surface area contributed by atoms with E-state index in [9.17, 15) is 13.2 Å². The van der Waals surface area contributed by atoms with Crippen molar-refractivity contribution in [2.75, 3.05) is 24.2 Å². The lowest BCUT2D eigenvalue weighted by molar-refractivity contribution is 0.0940. The minimum absolute atomic E-state index is 0.0663. The fraction of sp³-hybridized carbons (Fsp3) is 0.227. The Morgan fingerprint density at radius 2 is 1.90 bits per heavy atom. The van der Waals surface area contributed by atoms with Gasteiger partial charge in [0.15, 0.2) is 9.84 Å². The Morgan fingerprint density at radius 1 is 1.10 bits per heavy atom. The molecule has 154 valence electrons. The van der Waals surface area contributed by atoms with Crippen LogP contribution in [0.5, 0.6) is 0 Å². The van der Waals surface area contributed by atoms with Crippen LogP contribution in [0.1, 0.15) is 16.8 Å². The number of aromatic nitrogens is 2. The van der Waals surface area contributed by atoms with Gasteiger partial charge in [0, 0.05) is 42.7 Å². The molecule has 1 aromatic heterocycles. The maximum atomic E-state index is 12.6. The highest BCUT2D eigenvalue weighted by Gasteiger charge is 2.26. The van der Waals surface area contributed by atoms with Crippen LogP contribution >= 0.6 is 0 Å². The first-order valence-corrected chi connectivity index (χ1v) is 11.5. The Balaban J connectivity index is 1.44. The average molecular weight is 423 g/mol. The van der Waals surface area contributed by atoms with Crippen LogP contribution in [0.15, 0.2) is 71.8 Å². The zero-order chi connectivity index (χ0) is 21.1. The number of hydrogen-bond acceptors (Lipinski definition) is 6. The zero-order valence-electron chi connectivity index (χ0n) is 16.5. The molecule has 0 radical (unpaired) electrons. The normalized spacial score (nSPS) is 16.4. The SMILES string of the molecule is CS(=O)(=O)c1cccc(C(=O)NC2CCN(c3nccc(-c4ccccc4)n3)C2)c1. The van der Waals surface area contributed by atoms with Gasteiger partial charge in [-0.25, -0.2) is 18.4 Å². The molecule has 1 aliphatic rings. The second-order valence-electron chi connectivity index (χ2n) is 7.31. The van der Waals surface area contributed by atoms with Gasteiger partial charge in [-0.05, 0) is 30.7 Å². The van der Waals surface area contributed by atoms with Crippen molar-refractivity contribution in [2.24, 2.45) is 0 Å². The van der Waals surface area contributed by atoms with Crippen LogP contribution in [0.4, 0.5) is 5.95 Å². The summed E-state index contributed by atoms with van der Waals surface area (Å²) in [5, 5.41) is 2.99. The topological polar surface area (TPSA) is 92.3 Å². The molecule has 1 unspecified atom stereocenters. The van der Waals surface area contributed by atoms with Crippen LogP contribution < -0.4 is 10.2 Å². The van der Waals surface area contributed by atoms with Crippen LogP contribution in [0.3, 0.4) is 0 Å². The molecule has 0 bridgehead atoms. The highest BCUT2D eigenvalue weighted by atomic mass is 32.2. The van der Waals surface area contributed by atoms with E-state index >= 15 is 0 Å². The molecule has 1 saturated heterocycles. The summed E-state index contributed by atoms with van der Waals surface area (Å²) in [7, 11) is -3.36. The molecule has 4 rings (SSSR count). The highest BCUT2D eigenvalue weighted by Crippen LogP contribution is 2.21. The summed E-state index contributed by atoms with van der Waals surface area (Å²) in [4.78, 5) is 23.8. The smallest absolute Gasteiger partial charge is 0.251 e. The van der Waals surface area contributed by atoms with Crippen LogP contribution in [-0.2, 0) is 9.84 Å². The molecule has 1 amide bonds. The van der Waals surface area contributed by atoms with E-state index in [0.29, 0.717) is 18.1 Å². The van der Waals surface area contributed by atoms with Crippen molar-refractivity contribution >= 4 is 21.7 Å². The molecule has 30 heavy (non-hydrogen) atoms. The summed E-state index contributed by atoms with van der Waals surface area (Å²) in [6.07, 6.45) is 3.63. The Bertz CT molecular complexity index is 1170. The number of benzene rings is 2. The maximum absolute atomic E-state index is 12.6. The Labute approximate surface area is 175 Å². The molecule has 7 nitrogen and oxygen atoms in total. The van der Waals surface area contributed by atoms with Gasteiger partial charge in [0.05, 0.1) is 10.6 Å². The standard InChI is InChI=1S/C22H22N4O3S/c1-30(28,29)19-9-5-8-17(14-19)21(27)24-18-11-13-26(15-18)22-23-12-10-20(25-22)16-6-3-2-4-7-16/h2-10,12,14,18H,11,13,15H2,1H3,(H,24,27). The van der Waals surface area contributed by atoms with Gasteiger partial charge >= 0.3 is 0 Å². The van der Waals surface area contributed by atoms with Crippen LogP contribution in [0.25, 0.3) is 11.3 Å². The molecule has 0 saturated carbocycles. The fourth-order valence-electron chi connectivity index (χ4n) is 3.47. The molecule has 0 spiro atoms. The quantitative estimate of drug-likeness (QED) is 0.679. The third-order valence-corrected chi connectivity index (χ3v) is 6.15. The zero-order valence-corrected chi connectivity index (χ0v) is 17.3. The monoisotopic (exact) mass is 422 g/mol. The van der Waals surface area contributed by atoms with Gasteiger partial charge in [0.2, 0.25) is 5.95 Å². The van der Waals surface area contributed by atoms with E-state index in [2.05, 4.69) is 15.3 Å². The van der Waals surface area contributed by atoms with Crippen LogP contribution in [0.2, 0.25) is 0 Å². The lowest BCUT2D eigenvalue weighted by Gasteiger charge is -2.17. The van der Waals surface area contributed by atoms with E-state index in [4.69, 9.17) is 0 Å². The summed E-state index contributed by atoms with van der Waals surface area (Å²) in [5.41, 5.74) is 2.21. The van der Waals surface area contributed by atoms with Gasteiger partial charge in [-0.15, -0.1) is 0 Å². The van der Waals surface area contributed by atoms with Gasteiger partial charge in [-0.1, -0.05) is 36.4 Å². The molecular formula is C22H22N4O3S. The van der Waals surface area contributed by atoms with Crippen molar-refractivity contribution in [1.82, 2.24) is 15.3 Å². The van der Waals surface area contributed by atoms with Crippen molar-refractivity contribution < 1.29 is 13.2 Å². The van der Waals surface area contributed by atoms with Crippen molar-refractivity contribution in [3.8, 4) is 11.3 Å². The molecule has 1 aliphatic heterocycles. The molecule has 1 atom stereocenters. The highest BCUT2D eigenvalue weighted by molar-refractivity contribution is 7.90. The number of carbonyl (C=O) groups is 1. The van der Waals surface area contributed by atoms with Crippen molar-refractivity contribution in [3.05, 3.63) is 72.4 Å². The maximum Gasteiger partial charge on any atom is 0.251 e. The number of anilines is 1. The van der Waals surface area contributed by atoms with E-state index in [-0.39, 0.29) is 16.8 Å². The van der Waals surface area contributed by atoms with Crippen molar-refractivity contribution in [1.29, 1.82) is 0 Å². The summed E-state index contributed by atoms with van der Waals surface area (Å²) < 4.78 is 23.5. The van der Waals surface area contributed by atoms with Gasteiger partial charge in [0.25, 0.3) is 5.91 Å². The van der Waals surface area contributed by atoms with Crippen molar-refractivity contribution in [2.45, 2.75) is 17.4 Å². The first-order chi connectivity index (χ1) is 14.4. The second kappa shape index (κ2) is 8.23. The number of carbonyl (C=O) groups excluding carboxylic acids is 1. The number of rotatable bonds is 5.